The third-order valence-corrected chi connectivity index (χ3v) is 4.00. The molecule has 1 fully saturated rings. The number of amides is 1. The van der Waals surface area contributed by atoms with Gasteiger partial charge in [0.15, 0.2) is 11.5 Å². The molecule has 0 aromatic heterocycles. The summed E-state index contributed by atoms with van der Waals surface area (Å²) in [6.07, 6.45) is 5.57. The van der Waals surface area contributed by atoms with Gasteiger partial charge >= 0.3 is 5.97 Å². The SMILES string of the molecule is C1CCNC1.COc1cc(C=CC(=O)Nc2ccccc2C(=O)O)ccc1O. The molecular formula is C21H24N2O5. The Bertz CT molecular complexity index is 837. The summed E-state index contributed by atoms with van der Waals surface area (Å²) in [4.78, 5) is 23.0. The van der Waals surface area contributed by atoms with Gasteiger partial charge in [-0.05, 0) is 61.8 Å². The number of anilines is 1. The van der Waals surface area contributed by atoms with Crippen LogP contribution in [-0.4, -0.2) is 42.3 Å². The van der Waals surface area contributed by atoms with E-state index in [4.69, 9.17) is 9.84 Å². The van der Waals surface area contributed by atoms with Crippen LogP contribution in [0, 0.1) is 0 Å². The van der Waals surface area contributed by atoms with Gasteiger partial charge in [-0.3, -0.25) is 4.79 Å². The summed E-state index contributed by atoms with van der Waals surface area (Å²) < 4.78 is 4.98. The molecule has 2 aromatic carbocycles. The quantitative estimate of drug-likeness (QED) is 0.590. The van der Waals surface area contributed by atoms with Crippen LogP contribution >= 0.6 is 0 Å². The van der Waals surface area contributed by atoms with Crippen molar-refractivity contribution in [1.82, 2.24) is 5.32 Å². The number of phenols is 1. The molecule has 0 atom stereocenters. The van der Waals surface area contributed by atoms with Gasteiger partial charge in [-0.15, -0.1) is 0 Å². The average molecular weight is 384 g/mol. The summed E-state index contributed by atoms with van der Waals surface area (Å²) in [5.41, 5.74) is 0.889. The van der Waals surface area contributed by atoms with Crippen LogP contribution in [0.4, 0.5) is 5.69 Å². The molecule has 0 radical (unpaired) electrons. The predicted octanol–water partition coefficient (Wildman–Crippen LogP) is 3.12. The van der Waals surface area contributed by atoms with Crippen molar-refractivity contribution in [3.8, 4) is 11.5 Å². The fraction of sp³-hybridized carbons (Fsp3) is 0.238. The van der Waals surface area contributed by atoms with Crippen LogP contribution in [0.15, 0.2) is 48.5 Å². The van der Waals surface area contributed by atoms with Gasteiger partial charge in [0, 0.05) is 6.08 Å². The number of carbonyl (C=O) groups is 2. The second-order valence-corrected chi connectivity index (χ2v) is 6.06. The molecule has 1 aliphatic rings. The van der Waals surface area contributed by atoms with E-state index < -0.39 is 11.9 Å². The lowest BCUT2D eigenvalue weighted by Gasteiger charge is -2.06. The number of benzene rings is 2. The smallest absolute Gasteiger partial charge is 0.337 e. The highest BCUT2D eigenvalue weighted by molar-refractivity contribution is 6.06. The number of carboxylic acid groups (broad SMARTS) is 1. The zero-order valence-electron chi connectivity index (χ0n) is 15.6. The third-order valence-electron chi connectivity index (χ3n) is 4.00. The molecule has 0 unspecified atom stereocenters. The number of para-hydroxylation sites is 1. The lowest BCUT2D eigenvalue weighted by molar-refractivity contribution is -0.111. The van der Waals surface area contributed by atoms with Crippen molar-refractivity contribution in [3.05, 3.63) is 59.7 Å². The van der Waals surface area contributed by atoms with Crippen molar-refractivity contribution in [2.75, 3.05) is 25.5 Å². The van der Waals surface area contributed by atoms with E-state index in [1.54, 1.807) is 24.3 Å². The van der Waals surface area contributed by atoms with Crippen molar-refractivity contribution in [2.24, 2.45) is 0 Å². The van der Waals surface area contributed by atoms with E-state index in [0.717, 1.165) is 0 Å². The highest BCUT2D eigenvalue weighted by atomic mass is 16.5. The standard InChI is InChI=1S/C17H15NO5.C4H9N/c1-23-15-10-11(6-8-14(15)19)7-9-16(20)18-13-5-3-2-4-12(13)17(21)22;1-2-4-5-3-1/h2-10,19H,1H3,(H,18,20)(H,21,22);5H,1-4H2. The summed E-state index contributed by atoms with van der Waals surface area (Å²) in [6.45, 7) is 2.50. The first-order valence-corrected chi connectivity index (χ1v) is 8.90. The normalized spacial score (nSPS) is 12.9. The lowest BCUT2D eigenvalue weighted by atomic mass is 10.1. The number of methoxy groups -OCH3 is 1. The van der Waals surface area contributed by atoms with Crippen LogP contribution in [0.2, 0.25) is 0 Å². The zero-order valence-corrected chi connectivity index (χ0v) is 15.6. The molecule has 148 valence electrons. The Kier molecular flexibility index (Phi) is 8.05. The predicted molar refractivity (Wildman–Crippen MR) is 108 cm³/mol. The number of rotatable bonds is 5. The van der Waals surface area contributed by atoms with Crippen LogP contribution in [0.1, 0.15) is 28.8 Å². The molecule has 4 N–H and O–H groups in total. The van der Waals surface area contributed by atoms with E-state index in [1.807, 2.05) is 0 Å². The van der Waals surface area contributed by atoms with E-state index in [1.165, 1.54) is 63.4 Å². The van der Waals surface area contributed by atoms with Gasteiger partial charge in [0.1, 0.15) is 0 Å². The highest BCUT2D eigenvalue weighted by Gasteiger charge is 2.10. The highest BCUT2D eigenvalue weighted by Crippen LogP contribution is 2.26. The van der Waals surface area contributed by atoms with Crippen LogP contribution in [0.5, 0.6) is 11.5 Å². The lowest BCUT2D eigenvalue weighted by Crippen LogP contribution is -2.11. The second-order valence-electron chi connectivity index (χ2n) is 6.06. The number of ether oxygens (including phenoxy) is 1. The second kappa shape index (κ2) is 10.7. The molecule has 7 heteroatoms. The number of nitrogens with one attached hydrogen (secondary N) is 2. The maximum Gasteiger partial charge on any atom is 0.337 e. The molecule has 28 heavy (non-hydrogen) atoms. The van der Waals surface area contributed by atoms with Crippen molar-refractivity contribution in [2.45, 2.75) is 12.8 Å². The average Bonchev–Trinajstić information content (AvgIpc) is 3.28. The Balaban J connectivity index is 0.000000485. The minimum absolute atomic E-state index is 0.00415. The van der Waals surface area contributed by atoms with Gasteiger partial charge in [0.2, 0.25) is 5.91 Å². The maximum absolute atomic E-state index is 11.9. The molecule has 1 aliphatic heterocycles. The van der Waals surface area contributed by atoms with Gasteiger partial charge < -0.3 is 25.6 Å². The minimum Gasteiger partial charge on any atom is -0.504 e. The summed E-state index contributed by atoms with van der Waals surface area (Å²) in [5.74, 6) is -1.29. The number of aromatic hydroxyl groups is 1. The van der Waals surface area contributed by atoms with Gasteiger partial charge in [-0.2, -0.15) is 0 Å². The maximum atomic E-state index is 11.9. The van der Waals surface area contributed by atoms with Gasteiger partial charge in [0.25, 0.3) is 0 Å². The molecule has 1 saturated heterocycles. The topological polar surface area (TPSA) is 108 Å². The van der Waals surface area contributed by atoms with E-state index >= 15 is 0 Å². The number of carbonyl (C=O) groups excluding carboxylic acids is 1. The summed E-state index contributed by atoms with van der Waals surface area (Å²) in [5, 5.41) is 24.3. The molecule has 0 spiro atoms. The molecule has 1 heterocycles. The van der Waals surface area contributed by atoms with Gasteiger partial charge in [0.05, 0.1) is 18.4 Å². The molecule has 2 aromatic rings. The minimum atomic E-state index is -1.12. The van der Waals surface area contributed by atoms with Crippen LogP contribution < -0.4 is 15.4 Å². The Morgan fingerprint density at radius 1 is 1.14 bits per heavy atom. The number of hydrogen-bond donors (Lipinski definition) is 4. The Labute approximate surface area is 163 Å². The summed E-state index contributed by atoms with van der Waals surface area (Å²) in [6, 6.07) is 10.8. The Morgan fingerprint density at radius 3 is 2.46 bits per heavy atom. The fourth-order valence-electron chi connectivity index (χ4n) is 2.55. The van der Waals surface area contributed by atoms with E-state index in [-0.39, 0.29) is 17.0 Å². The van der Waals surface area contributed by atoms with Crippen LogP contribution in [0.3, 0.4) is 0 Å². The van der Waals surface area contributed by atoms with E-state index in [2.05, 4.69) is 10.6 Å². The molecule has 3 rings (SSSR count). The van der Waals surface area contributed by atoms with Crippen LogP contribution in [-0.2, 0) is 4.79 Å². The van der Waals surface area contributed by atoms with Crippen molar-refractivity contribution >= 4 is 23.6 Å². The Hall–Kier alpha value is -3.32. The number of carboxylic acids is 1. The van der Waals surface area contributed by atoms with Gasteiger partial charge in [-0.1, -0.05) is 18.2 Å². The number of phenolic OH excluding ortho intramolecular Hbond substituents is 1. The van der Waals surface area contributed by atoms with Crippen LogP contribution in [0.25, 0.3) is 6.08 Å². The molecule has 0 saturated carbocycles. The largest absolute Gasteiger partial charge is 0.504 e. The molecular weight excluding hydrogens is 360 g/mol. The first-order valence-electron chi connectivity index (χ1n) is 8.90. The van der Waals surface area contributed by atoms with Crippen molar-refractivity contribution in [3.63, 3.8) is 0 Å². The van der Waals surface area contributed by atoms with E-state index in [0.29, 0.717) is 11.3 Å². The number of hydrogen-bond acceptors (Lipinski definition) is 5. The third kappa shape index (κ3) is 6.44. The number of aromatic carboxylic acids is 1. The molecule has 7 nitrogen and oxygen atoms in total. The monoisotopic (exact) mass is 384 g/mol. The van der Waals surface area contributed by atoms with Crippen molar-refractivity contribution in [1.29, 1.82) is 0 Å². The summed E-state index contributed by atoms with van der Waals surface area (Å²) >= 11 is 0. The van der Waals surface area contributed by atoms with E-state index in [9.17, 15) is 14.7 Å². The van der Waals surface area contributed by atoms with Gasteiger partial charge in [-0.25, -0.2) is 4.79 Å². The Morgan fingerprint density at radius 2 is 1.86 bits per heavy atom. The molecule has 0 aliphatic carbocycles. The molecule has 1 amide bonds. The summed E-state index contributed by atoms with van der Waals surface area (Å²) in [7, 11) is 1.43. The first-order chi connectivity index (χ1) is 13.5. The molecule has 0 bridgehead atoms. The first kappa shape index (κ1) is 21.0. The van der Waals surface area contributed by atoms with Crippen molar-refractivity contribution < 1.29 is 24.5 Å². The fourth-order valence-corrected chi connectivity index (χ4v) is 2.55. The zero-order chi connectivity index (χ0) is 20.4.